The molecule has 1 rings (SSSR count). The molecule has 19 heavy (non-hydrogen) atoms. The Bertz CT molecular complexity index is 357. The Hall–Kier alpha value is -1.06. The highest BCUT2D eigenvalue weighted by molar-refractivity contribution is 5.30. The highest BCUT2D eigenvalue weighted by Gasteiger charge is 2.20. The molecular formula is C16H26O3. The van der Waals surface area contributed by atoms with Crippen LogP contribution in [-0.4, -0.2) is 23.9 Å². The zero-order valence-corrected chi connectivity index (χ0v) is 12.4. The van der Waals surface area contributed by atoms with E-state index in [0.29, 0.717) is 6.61 Å². The summed E-state index contributed by atoms with van der Waals surface area (Å²) in [4.78, 5) is 0. The minimum Gasteiger partial charge on any atom is -0.491 e. The fourth-order valence-corrected chi connectivity index (χ4v) is 2.09. The van der Waals surface area contributed by atoms with Gasteiger partial charge in [0.15, 0.2) is 0 Å². The maximum absolute atomic E-state index is 10.4. The van der Waals surface area contributed by atoms with E-state index in [1.54, 1.807) is 0 Å². The van der Waals surface area contributed by atoms with Crippen LogP contribution in [0.1, 0.15) is 52.2 Å². The van der Waals surface area contributed by atoms with E-state index in [9.17, 15) is 5.11 Å². The van der Waals surface area contributed by atoms with Crippen LogP contribution in [0.5, 0.6) is 5.75 Å². The van der Waals surface area contributed by atoms with E-state index in [1.807, 2.05) is 45.0 Å². The van der Waals surface area contributed by atoms with Gasteiger partial charge in [-0.05, 0) is 44.9 Å². The molecule has 1 aromatic carbocycles. The van der Waals surface area contributed by atoms with E-state index in [1.165, 1.54) is 0 Å². The van der Waals surface area contributed by atoms with E-state index >= 15 is 0 Å². The van der Waals surface area contributed by atoms with Crippen LogP contribution in [0, 0.1) is 0 Å². The predicted octanol–water partition coefficient (Wildman–Crippen LogP) is 3.71. The lowest BCUT2D eigenvalue weighted by Crippen LogP contribution is -2.22. The summed E-state index contributed by atoms with van der Waals surface area (Å²) in [6.07, 6.45) is 1.22. The van der Waals surface area contributed by atoms with Crippen molar-refractivity contribution in [2.24, 2.45) is 0 Å². The first kappa shape index (κ1) is 16.0. The van der Waals surface area contributed by atoms with E-state index in [0.717, 1.165) is 24.2 Å². The van der Waals surface area contributed by atoms with Gasteiger partial charge < -0.3 is 14.6 Å². The number of hydrogen-bond donors (Lipinski definition) is 1. The summed E-state index contributed by atoms with van der Waals surface area (Å²) in [5, 5.41) is 10.4. The lowest BCUT2D eigenvalue weighted by atomic mass is 10.0. The average Bonchev–Trinajstić information content (AvgIpc) is 2.37. The summed E-state index contributed by atoms with van der Waals surface area (Å²) in [5.41, 5.74) is 0.852. The maximum Gasteiger partial charge on any atom is 0.120 e. The Balaban J connectivity index is 2.81. The number of aliphatic hydroxyl groups excluding tert-OH is 1. The molecule has 1 aromatic rings. The Labute approximate surface area is 116 Å². The first-order chi connectivity index (χ1) is 9.08. The van der Waals surface area contributed by atoms with Gasteiger partial charge in [-0.15, -0.1) is 0 Å². The van der Waals surface area contributed by atoms with Crippen LogP contribution < -0.4 is 4.74 Å². The quantitative estimate of drug-likeness (QED) is 0.779. The van der Waals surface area contributed by atoms with E-state index in [-0.39, 0.29) is 12.2 Å². The topological polar surface area (TPSA) is 38.7 Å². The largest absolute Gasteiger partial charge is 0.491 e. The molecule has 0 saturated heterocycles. The minimum absolute atomic E-state index is 0.130. The molecule has 3 heteroatoms. The van der Waals surface area contributed by atoms with Gasteiger partial charge in [0.05, 0.1) is 12.2 Å². The summed E-state index contributed by atoms with van der Waals surface area (Å²) in [5.74, 6) is 0.790. The van der Waals surface area contributed by atoms with Gasteiger partial charge in [0.2, 0.25) is 0 Å². The molecule has 0 aliphatic carbocycles. The molecule has 2 atom stereocenters. The predicted molar refractivity (Wildman–Crippen MR) is 77.5 cm³/mol. The van der Waals surface area contributed by atoms with Crippen LogP contribution in [0.4, 0.5) is 0 Å². The smallest absolute Gasteiger partial charge is 0.120 e. The van der Waals surface area contributed by atoms with Crippen molar-refractivity contribution in [2.75, 3.05) is 6.61 Å². The number of ether oxygens (including phenoxy) is 2. The number of rotatable bonds is 8. The lowest BCUT2D eigenvalue weighted by molar-refractivity contribution is -0.0385. The molecule has 0 fully saturated rings. The van der Waals surface area contributed by atoms with Gasteiger partial charge >= 0.3 is 0 Å². The Morgan fingerprint density at radius 2 is 1.95 bits per heavy atom. The molecule has 0 saturated carbocycles. The number of benzene rings is 1. The molecule has 0 amide bonds. The second kappa shape index (κ2) is 8.18. The van der Waals surface area contributed by atoms with Crippen molar-refractivity contribution in [2.45, 2.75) is 58.8 Å². The van der Waals surface area contributed by atoms with Gasteiger partial charge in [-0.3, -0.25) is 0 Å². The number of hydrogen-bond acceptors (Lipinski definition) is 3. The summed E-state index contributed by atoms with van der Waals surface area (Å²) < 4.78 is 11.3. The van der Waals surface area contributed by atoms with Crippen LogP contribution in [0.3, 0.4) is 0 Å². The second-order valence-corrected chi connectivity index (χ2v) is 4.97. The van der Waals surface area contributed by atoms with Crippen LogP contribution >= 0.6 is 0 Å². The third-order valence-electron chi connectivity index (χ3n) is 2.88. The molecule has 0 radical (unpaired) electrons. The molecule has 0 aromatic heterocycles. The fourth-order valence-electron chi connectivity index (χ4n) is 2.09. The molecule has 0 aliphatic rings. The summed E-state index contributed by atoms with van der Waals surface area (Å²) in [6, 6.07) is 7.63. The summed E-state index contributed by atoms with van der Waals surface area (Å²) in [7, 11) is 0. The van der Waals surface area contributed by atoms with Gasteiger partial charge in [0, 0.05) is 6.61 Å². The normalized spacial score (nSPS) is 14.4. The van der Waals surface area contributed by atoms with Crippen molar-refractivity contribution in [1.29, 1.82) is 0 Å². The summed E-state index contributed by atoms with van der Waals surface area (Å²) in [6.45, 7) is 8.64. The fraction of sp³-hybridized carbons (Fsp3) is 0.625. The standard InChI is InChI=1S/C16H26O3/c1-5-8-15(18-6-2)16(17)13-9-7-10-14(11-13)19-12(3)4/h7,9-12,15-17H,5-6,8H2,1-4H3. The van der Waals surface area contributed by atoms with Gasteiger partial charge in [0.1, 0.15) is 11.9 Å². The highest BCUT2D eigenvalue weighted by atomic mass is 16.5. The minimum atomic E-state index is -0.601. The molecule has 0 spiro atoms. The molecule has 0 bridgehead atoms. The monoisotopic (exact) mass is 266 g/mol. The van der Waals surface area contributed by atoms with Gasteiger partial charge in [0.25, 0.3) is 0 Å². The highest BCUT2D eigenvalue weighted by Crippen LogP contribution is 2.26. The van der Waals surface area contributed by atoms with Gasteiger partial charge in [-0.2, -0.15) is 0 Å². The van der Waals surface area contributed by atoms with Gasteiger partial charge in [-0.25, -0.2) is 0 Å². The SMILES string of the molecule is CCCC(OCC)C(O)c1cccc(OC(C)C)c1. The summed E-state index contributed by atoms with van der Waals surface area (Å²) >= 11 is 0. The molecular weight excluding hydrogens is 240 g/mol. The zero-order chi connectivity index (χ0) is 14.3. The van der Waals surface area contributed by atoms with Gasteiger partial charge in [-0.1, -0.05) is 25.5 Å². The van der Waals surface area contributed by atoms with E-state index in [2.05, 4.69) is 6.92 Å². The first-order valence-corrected chi connectivity index (χ1v) is 7.14. The van der Waals surface area contributed by atoms with Crippen LogP contribution in [0.15, 0.2) is 24.3 Å². The Morgan fingerprint density at radius 3 is 2.53 bits per heavy atom. The maximum atomic E-state index is 10.4. The van der Waals surface area contributed by atoms with Crippen LogP contribution in [-0.2, 0) is 4.74 Å². The molecule has 2 unspecified atom stereocenters. The molecule has 0 heterocycles. The van der Waals surface area contributed by atoms with Crippen LogP contribution in [0.2, 0.25) is 0 Å². The third kappa shape index (κ3) is 5.21. The third-order valence-corrected chi connectivity index (χ3v) is 2.88. The molecule has 0 aliphatic heterocycles. The van der Waals surface area contributed by atoms with E-state index < -0.39 is 6.10 Å². The Kier molecular flexibility index (Phi) is 6.89. The van der Waals surface area contributed by atoms with Crippen molar-refractivity contribution >= 4 is 0 Å². The zero-order valence-electron chi connectivity index (χ0n) is 12.4. The molecule has 3 nitrogen and oxygen atoms in total. The molecule has 1 N–H and O–H groups in total. The van der Waals surface area contributed by atoms with Crippen molar-refractivity contribution in [3.8, 4) is 5.75 Å². The van der Waals surface area contributed by atoms with Crippen molar-refractivity contribution in [3.63, 3.8) is 0 Å². The first-order valence-electron chi connectivity index (χ1n) is 7.14. The van der Waals surface area contributed by atoms with Crippen molar-refractivity contribution in [1.82, 2.24) is 0 Å². The van der Waals surface area contributed by atoms with E-state index in [4.69, 9.17) is 9.47 Å². The van der Waals surface area contributed by atoms with Crippen molar-refractivity contribution in [3.05, 3.63) is 29.8 Å². The second-order valence-electron chi connectivity index (χ2n) is 4.97. The lowest BCUT2D eigenvalue weighted by Gasteiger charge is -2.23. The number of aliphatic hydroxyl groups is 1. The van der Waals surface area contributed by atoms with Crippen LogP contribution in [0.25, 0.3) is 0 Å². The molecule has 108 valence electrons. The average molecular weight is 266 g/mol. The Morgan fingerprint density at radius 1 is 1.21 bits per heavy atom. The van der Waals surface area contributed by atoms with Crippen molar-refractivity contribution < 1.29 is 14.6 Å².